The van der Waals surface area contributed by atoms with Gasteiger partial charge in [0, 0.05) is 6.20 Å². The summed E-state index contributed by atoms with van der Waals surface area (Å²) >= 11 is 0. The fourth-order valence-electron chi connectivity index (χ4n) is 2.49. The van der Waals surface area contributed by atoms with E-state index in [2.05, 4.69) is 22.6 Å². The van der Waals surface area contributed by atoms with Gasteiger partial charge in [0.25, 0.3) is 5.91 Å². The number of hydrogen-bond acceptors (Lipinski definition) is 2. The van der Waals surface area contributed by atoms with Crippen LogP contribution in [0.5, 0.6) is 0 Å². The molecule has 0 radical (unpaired) electrons. The van der Waals surface area contributed by atoms with Gasteiger partial charge in [0.2, 0.25) is 0 Å². The highest BCUT2D eigenvalue weighted by atomic mass is 19.1. The maximum Gasteiger partial charge on any atom is 0.276 e. The summed E-state index contributed by atoms with van der Waals surface area (Å²) in [6, 6.07) is 6.54. The first-order chi connectivity index (χ1) is 11.1. The molecule has 118 valence electrons. The molecule has 1 aliphatic carbocycles. The largest absolute Gasteiger partial charge is 0.318 e. The fraction of sp³-hybridized carbons (Fsp3) is 0.222. The van der Waals surface area contributed by atoms with Gasteiger partial charge in [0.05, 0.1) is 12.2 Å². The molecule has 1 amide bonds. The number of amides is 1. The highest BCUT2D eigenvalue weighted by molar-refractivity contribution is 6.02. The van der Waals surface area contributed by atoms with Crippen molar-refractivity contribution in [2.75, 3.05) is 5.32 Å². The van der Waals surface area contributed by atoms with Gasteiger partial charge in [-0.15, -0.1) is 0 Å². The van der Waals surface area contributed by atoms with Crippen molar-refractivity contribution in [1.29, 1.82) is 0 Å². The van der Waals surface area contributed by atoms with Crippen molar-refractivity contribution < 1.29 is 9.18 Å². The minimum Gasteiger partial charge on any atom is -0.318 e. The lowest BCUT2D eigenvalue weighted by Crippen LogP contribution is -2.15. The molecule has 3 rings (SSSR count). The van der Waals surface area contributed by atoms with Crippen LogP contribution in [0.15, 0.2) is 54.3 Å². The number of nitrogens with zero attached hydrogens (tertiary/aromatic N) is 2. The van der Waals surface area contributed by atoms with Crippen molar-refractivity contribution in [1.82, 2.24) is 9.78 Å². The smallest absolute Gasteiger partial charge is 0.276 e. The summed E-state index contributed by atoms with van der Waals surface area (Å²) in [4.78, 5) is 12.2. The molecule has 23 heavy (non-hydrogen) atoms. The van der Waals surface area contributed by atoms with Crippen molar-refractivity contribution >= 4 is 11.6 Å². The molecule has 0 atom stereocenters. The fourth-order valence-corrected chi connectivity index (χ4v) is 2.49. The van der Waals surface area contributed by atoms with E-state index < -0.39 is 11.7 Å². The van der Waals surface area contributed by atoms with Gasteiger partial charge in [-0.2, -0.15) is 5.10 Å². The van der Waals surface area contributed by atoms with Crippen LogP contribution in [0.25, 0.3) is 0 Å². The van der Waals surface area contributed by atoms with Crippen molar-refractivity contribution in [3.63, 3.8) is 0 Å². The van der Waals surface area contributed by atoms with Gasteiger partial charge >= 0.3 is 0 Å². The number of nitrogens with one attached hydrogen (secondary N) is 1. The van der Waals surface area contributed by atoms with Gasteiger partial charge in [-0.1, -0.05) is 30.4 Å². The SMILES string of the molecule is Cc1cccc(NC(=O)c2ccn(CC3=CC=CCC3)n2)c1F. The number of rotatable bonds is 4. The minimum atomic E-state index is -0.417. The lowest BCUT2D eigenvalue weighted by atomic mass is 10.1. The number of carbonyl (C=O) groups excluding carboxylic acids is 1. The van der Waals surface area contributed by atoms with Crippen molar-refractivity contribution in [2.45, 2.75) is 26.3 Å². The molecule has 1 aromatic carbocycles. The first-order valence-corrected chi connectivity index (χ1v) is 7.58. The number of allylic oxidation sites excluding steroid dienone is 4. The lowest BCUT2D eigenvalue weighted by Gasteiger charge is -2.09. The third kappa shape index (κ3) is 3.56. The lowest BCUT2D eigenvalue weighted by molar-refractivity contribution is 0.102. The number of hydrogen-bond donors (Lipinski definition) is 1. The number of aromatic nitrogens is 2. The number of halogens is 1. The van der Waals surface area contributed by atoms with E-state index in [1.807, 2.05) is 6.08 Å². The molecule has 5 heteroatoms. The van der Waals surface area contributed by atoms with Gasteiger partial charge in [-0.25, -0.2) is 4.39 Å². The number of anilines is 1. The molecule has 0 saturated heterocycles. The number of benzene rings is 1. The Morgan fingerprint density at radius 1 is 1.39 bits per heavy atom. The van der Waals surface area contributed by atoms with Crippen LogP contribution in [0.4, 0.5) is 10.1 Å². The predicted molar refractivity (Wildman–Crippen MR) is 87.8 cm³/mol. The molecule has 1 aromatic heterocycles. The van der Waals surface area contributed by atoms with E-state index >= 15 is 0 Å². The highest BCUT2D eigenvalue weighted by Gasteiger charge is 2.13. The minimum absolute atomic E-state index is 0.171. The van der Waals surface area contributed by atoms with Crippen LogP contribution in [0, 0.1) is 12.7 Å². The monoisotopic (exact) mass is 311 g/mol. The van der Waals surface area contributed by atoms with E-state index in [9.17, 15) is 9.18 Å². The normalized spacial score (nSPS) is 13.7. The zero-order valence-electron chi connectivity index (χ0n) is 12.9. The Balaban J connectivity index is 1.70. The van der Waals surface area contributed by atoms with Gasteiger partial charge in [-0.3, -0.25) is 9.48 Å². The molecule has 0 unspecified atom stereocenters. The topological polar surface area (TPSA) is 46.9 Å². The van der Waals surface area contributed by atoms with Crippen molar-refractivity contribution in [2.24, 2.45) is 0 Å². The van der Waals surface area contributed by atoms with Crippen LogP contribution in [0.3, 0.4) is 0 Å². The van der Waals surface area contributed by atoms with Crippen molar-refractivity contribution in [3.05, 3.63) is 71.3 Å². The second-order valence-corrected chi connectivity index (χ2v) is 5.58. The molecule has 0 aliphatic heterocycles. The first-order valence-electron chi connectivity index (χ1n) is 7.58. The second kappa shape index (κ2) is 6.60. The molecular formula is C18H18FN3O. The zero-order valence-corrected chi connectivity index (χ0v) is 12.9. The van der Waals surface area contributed by atoms with Gasteiger partial charge in [0.15, 0.2) is 5.69 Å². The average Bonchev–Trinajstić information content (AvgIpc) is 3.01. The van der Waals surface area contributed by atoms with Crippen LogP contribution >= 0.6 is 0 Å². The van der Waals surface area contributed by atoms with E-state index in [-0.39, 0.29) is 11.4 Å². The first kappa shape index (κ1) is 15.2. The third-order valence-electron chi connectivity index (χ3n) is 3.78. The molecule has 1 aliphatic rings. The molecule has 0 saturated carbocycles. The van der Waals surface area contributed by atoms with Crippen molar-refractivity contribution in [3.8, 4) is 0 Å². The molecule has 1 N–H and O–H groups in total. The van der Waals surface area contributed by atoms with Crippen LogP contribution in [-0.4, -0.2) is 15.7 Å². The number of aryl methyl sites for hydroxylation is 1. The van der Waals surface area contributed by atoms with Gasteiger partial charge < -0.3 is 5.32 Å². The van der Waals surface area contributed by atoms with Crippen LogP contribution in [0.2, 0.25) is 0 Å². The third-order valence-corrected chi connectivity index (χ3v) is 3.78. The van der Waals surface area contributed by atoms with Crippen LogP contribution in [-0.2, 0) is 6.54 Å². The Morgan fingerprint density at radius 2 is 2.26 bits per heavy atom. The Kier molecular flexibility index (Phi) is 4.37. The molecule has 4 nitrogen and oxygen atoms in total. The van der Waals surface area contributed by atoms with E-state index in [0.717, 1.165) is 12.8 Å². The van der Waals surface area contributed by atoms with E-state index in [4.69, 9.17) is 0 Å². The second-order valence-electron chi connectivity index (χ2n) is 5.58. The Labute approximate surface area is 134 Å². The Morgan fingerprint density at radius 3 is 3.04 bits per heavy atom. The summed E-state index contributed by atoms with van der Waals surface area (Å²) in [7, 11) is 0. The highest BCUT2D eigenvalue weighted by Crippen LogP contribution is 2.18. The standard InChI is InChI=1S/C18H18FN3O/c1-13-6-5-9-15(17(13)19)20-18(23)16-10-11-22(21-16)12-14-7-3-2-4-8-14/h2-3,5-7,9-11H,4,8,12H2,1H3,(H,20,23). The maximum absolute atomic E-state index is 13.9. The van der Waals surface area contributed by atoms with E-state index in [1.54, 1.807) is 36.0 Å². The molecule has 0 fully saturated rings. The molecule has 1 heterocycles. The summed E-state index contributed by atoms with van der Waals surface area (Å²) < 4.78 is 15.7. The van der Waals surface area contributed by atoms with Crippen LogP contribution in [0.1, 0.15) is 28.9 Å². The predicted octanol–water partition coefficient (Wildman–Crippen LogP) is 3.86. The quantitative estimate of drug-likeness (QED) is 0.932. The summed E-state index contributed by atoms with van der Waals surface area (Å²) in [6.45, 7) is 2.32. The molecule has 0 spiro atoms. The maximum atomic E-state index is 13.9. The summed E-state index contributed by atoms with van der Waals surface area (Å²) in [5.41, 5.74) is 2.21. The van der Waals surface area contributed by atoms with Gasteiger partial charge in [-0.05, 0) is 43.0 Å². The number of carbonyl (C=O) groups is 1. The zero-order chi connectivity index (χ0) is 16.2. The molecule has 0 bridgehead atoms. The average molecular weight is 311 g/mol. The molecular weight excluding hydrogens is 293 g/mol. The van der Waals surface area contributed by atoms with E-state index in [0.29, 0.717) is 12.1 Å². The summed E-state index contributed by atoms with van der Waals surface area (Å²) in [5, 5.41) is 6.84. The van der Waals surface area contributed by atoms with Crippen LogP contribution < -0.4 is 5.32 Å². The Hall–Kier alpha value is -2.69. The molecule has 2 aromatic rings. The van der Waals surface area contributed by atoms with Gasteiger partial charge in [0.1, 0.15) is 5.82 Å². The van der Waals surface area contributed by atoms with E-state index in [1.165, 1.54) is 11.6 Å². The summed E-state index contributed by atoms with van der Waals surface area (Å²) in [5.74, 6) is -0.829. The Bertz CT molecular complexity index is 789. The summed E-state index contributed by atoms with van der Waals surface area (Å²) in [6.07, 6.45) is 10.0.